The highest BCUT2D eigenvalue weighted by molar-refractivity contribution is 5.84. The maximum absolute atomic E-state index is 10.3. The molecule has 0 saturated carbocycles. The molecule has 0 radical (unpaired) electrons. The molecule has 4 rings (SSSR count). The molecule has 1 atom stereocenters. The number of fused-ring (bicyclic) bond motifs is 2. The lowest BCUT2D eigenvalue weighted by Crippen LogP contribution is -2.34. The van der Waals surface area contributed by atoms with Crippen LogP contribution in [0.5, 0.6) is 11.5 Å². The predicted octanol–water partition coefficient (Wildman–Crippen LogP) is 5.30. The van der Waals surface area contributed by atoms with Gasteiger partial charge in [0.25, 0.3) is 0 Å². The van der Waals surface area contributed by atoms with E-state index < -0.39 is 5.60 Å². The van der Waals surface area contributed by atoms with Gasteiger partial charge in [-0.1, -0.05) is 24.3 Å². The standard InChI is InChI=1S/C21H22O3/c1-12-13(2)19-16(14(3)18(12)22)9-10-21(4,24-19)20-17-8-6-5-7-15(17)11-23-20/h5-8,11,22H,9-10H2,1-4H3. The van der Waals surface area contributed by atoms with Gasteiger partial charge in [0.1, 0.15) is 11.5 Å². The predicted molar refractivity (Wildman–Crippen MR) is 94.8 cm³/mol. The number of benzene rings is 2. The molecule has 124 valence electrons. The minimum absolute atomic E-state index is 0.391. The van der Waals surface area contributed by atoms with Crippen molar-refractivity contribution in [3.63, 3.8) is 0 Å². The molecule has 0 bridgehead atoms. The van der Waals surface area contributed by atoms with Crippen molar-refractivity contribution >= 4 is 10.8 Å². The van der Waals surface area contributed by atoms with Gasteiger partial charge in [-0.25, -0.2) is 0 Å². The van der Waals surface area contributed by atoms with Crippen molar-refractivity contribution in [1.29, 1.82) is 0 Å². The normalized spacial score (nSPS) is 20.0. The van der Waals surface area contributed by atoms with E-state index in [2.05, 4.69) is 19.1 Å². The number of furan rings is 1. The van der Waals surface area contributed by atoms with Crippen LogP contribution >= 0.6 is 0 Å². The van der Waals surface area contributed by atoms with E-state index in [0.29, 0.717) is 5.75 Å². The highest BCUT2D eigenvalue weighted by Gasteiger charge is 2.39. The number of hydrogen-bond acceptors (Lipinski definition) is 3. The van der Waals surface area contributed by atoms with E-state index in [1.807, 2.05) is 32.9 Å². The molecule has 1 aliphatic rings. The van der Waals surface area contributed by atoms with Crippen LogP contribution in [0.15, 0.2) is 34.9 Å². The van der Waals surface area contributed by atoms with Gasteiger partial charge in [-0.3, -0.25) is 0 Å². The topological polar surface area (TPSA) is 42.6 Å². The van der Waals surface area contributed by atoms with Gasteiger partial charge in [0.05, 0.1) is 6.26 Å². The summed E-state index contributed by atoms with van der Waals surface area (Å²) in [5, 5.41) is 12.5. The highest BCUT2D eigenvalue weighted by Crippen LogP contribution is 2.47. The van der Waals surface area contributed by atoms with Crippen molar-refractivity contribution in [2.75, 3.05) is 0 Å². The van der Waals surface area contributed by atoms with Gasteiger partial charge in [-0.05, 0) is 57.2 Å². The second-order valence-electron chi connectivity index (χ2n) is 7.02. The lowest BCUT2D eigenvalue weighted by atomic mass is 9.85. The van der Waals surface area contributed by atoms with E-state index in [4.69, 9.17) is 9.15 Å². The number of aromatic hydroxyl groups is 1. The van der Waals surface area contributed by atoms with Crippen LogP contribution in [0.4, 0.5) is 0 Å². The third-order valence-corrected chi connectivity index (χ3v) is 5.51. The first kappa shape index (κ1) is 15.1. The lowest BCUT2D eigenvalue weighted by Gasteiger charge is -2.36. The van der Waals surface area contributed by atoms with Gasteiger partial charge in [-0.15, -0.1) is 0 Å². The molecule has 2 heterocycles. The van der Waals surface area contributed by atoms with Crippen molar-refractivity contribution in [1.82, 2.24) is 0 Å². The largest absolute Gasteiger partial charge is 0.507 e. The Labute approximate surface area is 141 Å². The third kappa shape index (κ3) is 1.97. The Morgan fingerprint density at radius 2 is 1.79 bits per heavy atom. The third-order valence-electron chi connectivity index (χ3n) is 5.51. The zero-order valence-corrected chi connectivity index (χ0v) is 14.6. The molecule has 0 fully saturated rings. The maximum Gasteiger partial charge on any atom is 0.164 e. The minimum atomic E-state index is -0.503. The van der Waals surface area contributed by atoms with Crippen molar-refractivity contribution in [3.05, 3.63) is 58.5 Å². The fraction of sp³-hybridized carbons (Fsp3) is 0.333. The molecule has 0 saturated heterocycles. The molecule has 3 heteroatoms. The Bertz CT molecular complexity index is 951. The number of phenols is 1. The second-order valence-corrected chi connectivity index (χ2v) is 7.02. The molecule has 1 aromatic heterocycles. The first-order valence-electron chi connectivity index (χ1n) is 8.39. The molecule has 1 aliphatic heterocycles. The summed E-state index contributed by atoms with van der Waals surface area (Å²) >= 11 is 0. The van der Waals surface area contributed by atoms with E-state index >= 15 is 0 Å². The number of phenolic OH excluding ortho intramolecular Hbond substituents is 1. The number of hydrogen-bond donors (Lipinski definition) is 1. The van der Waals surface area contributed by atoms with E-state index in [1.54, 1.807) is 6.26 Å². The average molecular weight is 322 g/mol. The molecule has 1 N–H and O–H groups in total. The van der Waals surface area contributed by atoms with Crippen LogP contribution < -0.4 is 4.74 Å². The zero-order chi connectivity index (χ0) is 17.1. The second kappa shape index (κ2) is 5.04. The molecule has 3 nitrogen and oxygen atoms in total. The monoisotopic (exact) mass is 322 g/mol. The van der Waals surface area contributed by atoms with Crippen molar-refractivity contribution in [2.45, 2.75) is 46.1 Å². The van der Waals surface area contributed by atoms with Gasteiger partial charge >= 0.3 is 0 Å². The van der Waals surface area contributed by atoms with Crippen LogP contribution in [-0.2, 0) is 12.0 Å². The smallest absolute Gasteiger partial charge is 0.164 e. The molecule has 0 spiro atoms. The van der Waals surface area contributed by atoms with Crippen molar-refractivity contribution in [3.8, 4) is 11.5 Å². The molecular weight excluding hydrogens is 300 g/mol. The van der Waals surface area contributed by atoms with Crippen LogP contribution in [0.25, 0.3) is 10.8 Å². The van der Waals surface area contributed by atoms with E-state index in [0.717, 1.165) is 57.4 Å². The van der Waals surface area contributed by atoms with Crippen LogP contribution in [0.3, 0.4) is 0 Å². The van der Waals surface area contributed by atoms with Gasteiger partial charge in [0.15, 0.2) is 11.4 Å². The van der Waals surface area contributed by atoms with Crippen LogP contribution in [0.1, 0.15) is 41.4 Å². The van der Waals surface area contributed by atoms with Gasteiger partial charge in [-0.2, -0.15) is 0 Å². The molecule has 1 unspecified atom stereocenters. The Hall–Kier alpha value is -2.42. The van der Waals surface area contributed by atoms with Crippen LogP contribution in [0.2, 0.25) is 0 Å². The molecule has 0 aliphatic carbocycles. The van der Waals surface area contributed by atoms with Crippen LogP contribution in [0, 0.1) is 20.8 Å². The Morgan fingerprint density at radius 1 is 1.04 bits per heavy atom. The number of ether oxygens (including phenoxy) is 1. The van der Waals surface area contributed by atoms with Gasteiger partial charge in [0.2, 0.25) is 0 Å². The summed E-state index contributed by atoms with van der Waals surface area (Å²) in [6.45, 7) is 8.02. The quantitative estimate of drug-likeness (QED) is 0.660. The molecule has 0 amide bonds. The average Bonchev–Trinajstić information content (AvgIpc) is 3.03. The first-order chi connectivity index (χ1) is 11.4. The van der Waals surface area contributed by atoms with Crippen molar-refractivity contribution < 1.29 is 14.3 Å². The Kier molecular flexibility index (Phi) is 3.17. The van der Waals surface area contributed by atoms with E-state index in [1.165, 1.54) is 0 Å². The molecule has 2 aromatic carbocycles. The SMILES string of the molecule is Cc1c(C)c2c(c(C)c1O)CCC(C)(c1occ3ccccc13)O2. The summed E-state index contributed by atoms with van der Waals surface area (Å²) in [5.74, 6) is 2.17. The summed E-state index contributed by atoms with van der Waals surface area (Å²) in [4.78, 5) is 0. The summed E-state index contributed by atoms with van der Waals surface area (Å²) in [6, 6.07) is 8.18. The maximum atomic E-state index is 10.3. The fourth-order valence-corrected chi connectivity index (χ4v) is 3.81. The number of rotatable bonds is 1. The van der Waals surface area contributed by atoms with E-state index in [-0.39, 0.29) is 0 Å². The first-order valence-corrected chi connectivity index (χ1v) is 8.39. The summed E-state index contributed by atoms with van der Waals surface area (Å²) in [6.07, 6.45) is 3.48. The van der Waals surface area contributed by atoms with Crippen molar-refractivity contribution in [2.24, 2.45) is 0 Å². The zero-order valence-electron chi connectivity index (χ0n) is 14.6. The fourth-order valence-electron chi connectivity index (χ4n) is 3.81. The molecular formula is C21H22O3. The highest BCUT2D eigenvalue weighted by atomic mass is 16.5. The Balaban J connectivity index is 1.87. The van der Waals surface area contributed by atoms with Gasteiger partial charge < -0.3 is 14.3 Å². The van der Waals surface area contributed by atoms with E-state index in [9.17, 15) is 5.11 Å². The minimum Gasteiger partial charge on any atom is -0.507 e. The summed E-state index contributed by atoms with van der Waals surface area (Å²) in [7, 11) is 0. The summed E-state index contributed by atoms with van der Waals surface area (Å²) in [5.41, 5.74) is 3.44. The lowest BCUT2D eigenvalue weighted by molar-refractivity contribution is 0.0407. The molecule has 3 aromatic rings. The molecule has 24 heavy (non-hydrogen) atoms. The van der Waals surface area contributed by atoms with Gasteiger partial charge in [0, 0.05) is 16.3 Å². The summed E-state index contributed by atoms with van der Waals surface area (Å²) < 4.78 is 12.4. The van der Waals surface area contributed by atoms with Crippen LogP contribution in [-0.4, -0.2) is 5.11 Å². The Morgan fingerprint density at radius 3 is 2.58 bits per heavy atom.